The van der Waals surface area contributed by atoms with Gasteiger partial charge in [-0.2, -0.15) is 0 Å². The summed E-state index contributed by atoms with van der Waals surface area (Å²) in [6.45, 7) is 8.21. The van der Waals surface area contributed by atoms with Gasteiger partial charge in [0.1, 0.15) is 0 Å². The van der Waals surface area contributed by atoms with E-state index in [-0.39, 0.29) is 23.5 Å². The van der Waals surface area contributed by atoms with Crippen LogP contribution in [0.5, 0.6) is 0 Å². The number of nitrogens with zero attached hydrogens (tertiary/aromatic N) is 1. The molecule has 1 aromatic carbocycles. The second-order valence-electron chi connectivity index (χ2n) is 6.48. The number of rotatable bonds is 3. The van der Waals surface area contributed by atoms with Gasteiger partial charge in [0, 0.05) is 13.1 Å². The first-order valence-corrected chi connectivity index (χ1v) is 9.47. The van der Waals surface area contributed by atoms with Crippen LogP contribution < -0.4 is 0 Å². The molecular weight excluding hydrogens is 298 g/mol. The minimum atomic E-state index is -2.97. The zero-order valence-corrected chi connectivity index (χ0v) is 14.9. The number of hydrogen-bond donors (Lipinski definition) is 0. The van der Waals surface area contributed by atoms with E-state index in [1.165, 1.54) is 11.1 Å². The lowest BCUT2D eigenvalue weighted by molar-refractivity contribution is -0.130. The molecule has 1 saturated heterocycles. The molecule has 122 valence electrons. The predicted molar refractivity (Wildman–Crippen MR) is 88.9 cm³/mol. The lowest BCUT2D eigenvalue weighted by Crippen LogP contribution is -2.39. The zero-order chi connectivity index (χ0) is 16.7. The molecule has 1 aromatic rings. The van der Waals surface area contributed by atoms with Crippen molar-refractivity contribution in [3.63, 3.8) is 0 Å². The molecule has 1 atom stereocenters. The van der Waals surface area contributed by atoms with Crippen LogP contribution in [0, 0.1) is 27.7 Å². The molecule has 0 aromatic heterocycles. The lowest BCUT2D eigenvalue weighted by Gasteiger charge is -2.25. The fourth-order valence-electron chi connectivity index (χ4n) is 3.12. The Bertz CT molecular complexity index is 681. The summed E-state index contributed by atoms with van der Waals surface area (Å²) in [4.78, 5) is 14.2. The van der Waals surface area contributed by atoms with Crippen molar-refractivity contribution in [3.8, 4) is 0 Å². The van der Waals surface area contributed by atoms with E-state index >= 15 is 0 Å². The van der Waals surface area contributed by atoms with Crippen LogP contribution in [-0.2, 0) is 21.1 Å². The number of benzene rings is 1. The summed E-state index contributed by atoms with van der Waals surface area (Å²) < 4.78 is 23.2. The van der Waals surface area contributed by atoms with Gasteiger partial charge >= 0.3 is 0 Å². The number of aryl methyl sites for hydroxylation is 2. The summed E-state index contributed by atoms with van der Waals surface area (Å²) in [6.07, 6.45) is 0.891. The normalized spacial score (nSPS) is 20.1. The molecule has 1 fully saturated rings. The molecule has 0 aliphatic carbocycles. The van der Waals surface area contributed by atoms with Gasteiger partial charge in [0.25, 0.3) is 0 Å². The maximum atomic E-state index is 12.6. The van der Waals surface area contributed by atoms with Gasteiger partial charge in [-0.1, -0.05) is 6.07 Å². The Labute approximate surface area is 133 Å². The molecule has 0 spiro atoms. The molecule has 1 aliphatic heterocycles. The standard InChI is InChI=1S/C17H25NO3S/c1-11-8-12(2)14(4)16(13(11)3)9-17(19)18(5)15-6-7-22(20,21)10-15/h8,15H,6-7,9-10H2,1-5H3. The molecule has 1 unspecified atom stereocenters. The van der Waals surface area contributed by atoms with Gasteiger partial charge in [-0.05, 0) is 61.9 Å². The quantitative estimate of drug-likeness (QED) is 0.856. The summed E-state index contributed by atoms with van der Waals surface area (Å²) in [6, 6.07) is 1.97. The van der Waals surface area contributed by atoms with Crippen LogP contribution in [0.3, 0.4) is 0 Å². The molecule has 0 bridgehead atoms. The molecule has 1 amide bonds. The fourth-order valence-corrected chi connectivity index (χ4v) is 4.90. The first kappa shape index (κ1) is 17.0. The van der Waals surface area contributed by atoms with Crippen LogP contribution in [0.1, 0.15) is 34.2 Å². The molecule has 22 heavy (non-hydrogen) atoms. The van der Waals surface area contributed by atoms with Crippen molar-refractivity contribution in [1.29, 1.82) is 0 Å². The monoisotopic (exact) mass is 323 g/mol. The molecule has 0 saturated carbocycles. The van der Waals surface area contributed by atoms with Crippen molar-refractivity contribution < 1.29 is 13.2 Å². The van der Waals surface area contributed by atoms with Crippen molar-refractivity contribution >= 4 is 15.7 Å². The Balaban J connectivity index is 2.19. The third-order valence-electron chi connectivity index (χ3n) is 5.00. The number of carbonyl (C=O) groups is 1. The Morgan fingerprint density at radius 1 is 1.18 bits per heavy atom. The van der Waals surface area contributed by atoms with Gasteiger partial charge in [0.15, 0.2) is 9.84 Å². The van der Waals surface area contributed by atoms with E-state index < -0.39 is 9.84 Å². The Morgan fingerprint density at radius 2 is 1.73 bits per heavy atom. The largest absolute Gasteiger partial charge is 0.341 e. The molecule has 2 rings (SSSR count). The number of hydrogen-bond acceptors (Lipinski definition) is 3. The second-order valence-corrected chi connectivity index (χ2v) is 8.71. The highest BCUT2D eigenvalue weighted by Gasteiger charge is 2.32. The molecule has 1 heterocycles. The van der Waals surface area contributed by atoms with Crippen LogP contribution in [0.2, 0.25) is 0 Å². The maximum Gasteiger partial charge on any atom is 0.227 e. The Kier molecular flexibility index (Phi) is 4.66. The number of likely N-dealkylation sites (N-methyl/N-ethyl adjacent to an activating group) is 1. The smallest absolute Gasteiger partial charge is 0.227 e. The molecule has 4 nitrogen and oxygen atoms in total. The van der Waals surface area contributed by atoms with Gasteiger partial charge in [-0.3, -0.25) is 4.79 Å². The minimum absolute atomic E-state index is 0.00157. The Hall–Kier alpha value is -1.36. The van der Waals surface area contributed by atoms with Crippen molar-refractivity contribution in [2.75, 3.05) is 18.6 Å². The Morgan fingerprint density at radius 3 is 2.18 bits per heavy atom. The van der Waals surface area contributed by atoms with Gasteiger partial charge in [-0.25, -0.2) is 8.42 Å². The van der Waals surface area contributed by atoms with E-state index in [4.69, 9.17) is 0 Å². The SMILES string of the molecule is Cc1cc(C)c(C)c(CC(=O)N(C)C2CCS(=O)(=O)C2)c1C. The summed E-state index contributed by atoms with van der Waals surface area (Å²) in [7, 11) is -1.25. The first-order chi connectivity index (χ1) is 10.1. The van der Waals surface area contributed by atoms with E-state index in [9.17, 15) is 13.2 Å². The van der Waals surface area contributed by atoms with Crippen LogP contribution in [0.4, 0.5) is 0 Å². The average Bonchev–Trinajstić information content (AvgIpc) is 2.80. The summed E-state index contributed by atoms with van der Waals surface area (Å²) in [5.74, 6) is 0.287. The van der Waals surface area contributed by atoms with Gasteiger partial charge in [0.2, 0.25) is 5.91 Å². The number of carbonyl (C=O) groups excluding carboxylic acids is 1. The van der Waals surface area contributed by atoms with Gasteiger partial charge in [-0.15, -0.1) is 0 Å². The van der Waals surface area contributed by atoms with E-state index in [1.54, 1.807) is 11.9 Å². The third kappa shape index (κ3) is 3.35. The minimum Gasteiger partial charge on any atom is -0.341 e. The molecular formula is C17H25NO3S. The fraction of sp³-hybridized carbons (Fsp3) is 0.588. The summed E-state index contributed by atoms with van der Waals surface area (Å²) >= 11 is 0. The highest BCUT2D eigenvalue weighted by Crippen LogP contribution is 2.24. The number of amides is 1. The highest BCUT2D eigenvalue weighted by atomic mass is 32.2. The number of sulfone groups is 1. The molecule has 1 aliphatic rings. The van der Waals surface area contributed by atoms with Crippen molar-refractivity contribution in [2.24, 2.45) is 0 Å². The maximum absolute atomic E-state index is 12.6. The third-order valence-corrected chi connectivity index (χ3v) is 6.75. The average molecular weight is 323 g/mol. The predicted octanol–water partition coefficient (Wildman–Crippen LogP) is 2.11. The van der Waals surface area contributed by atoms with Crippen molar-refractivity contribution in [3.05, 3.63) is 33.9 Å². The van der Waals surface area contributed by atoms with Crippen LogP contribution in [-0.4, -0.2) is 43.8 Å². The van der Waals surface area contributed by atoms with E-state index in [2.05, 4.69) is 19.9 Å². The van der Waals surface area contributed by atoms with Crippen LogP contribution in [0.25, 0.3) is 0 Å². The van der Waals surface area contributed by atoms with E-state index in [1.807, 2.05) is 13.8 Å². The van der Waals surface area contributed by atoms with E-state index in [0.717, 1.165) is 16.7 Å². The van der Waals surface area contributed by atoms with Crippen molar-refractivity contribution in [1.82, 2.24) is 4.90 Å². The molecule has 0 radical (unpaired) electrons. The van der Waals surface area contributed by atoms with Crippen molar-refractivity contribution in [2.45, 2.75) is 46.6 Å². The van der Waals surface area contributed by atoms with E-state index in [0.29, 0.717) is 12.8 Å². The second kappa shape index (κ2) is 6.03. The zero-order valence-electron chi connectivity index (χ0n) is 14.1. The first-order valence-electron chi connectivity index (χ1n) is 7.64. The molecule has 0 N–H and O–H groups in total. The van der Waals surface area contributed by atoms with Crippen LogP contribution >= 0.6 is 0 Å². The highest BCUT2D eigenvalue weighted by molar-refractivity contribution is 7.91. The molecule has 5 heteroatoms. The lowest BCUT2D eigenvalue weighted by atomic mass is 9.92. The van der Waals surface area contributed by atoms with Gasteiger partial charge < -0.3 is 4.90 Å². The summed E-state index contributed by atoms with van der Waals surface area (Å²) in [5.41, 5.74) is 5.77. The van der Waals surface area contributed by atoms with Gasteiger partial charge in [0.05, 0.1) is 17.9 Å². The topological polar surface area (TPSA) is 54.5 Å². The van der Waals surface area contributed by atoms with Crippen LogP contribution in [0.15, 0.2) is 6.07 Å². The summed E-state index contributed by atoms with van der Waals surface area (Å²) in [5, 5.41) is 0.